The molecule has 4 aliphatic carbocycles. The van der Waals surface area contributed by atoms with Gasteiger partial charge in [0.25, 0.3) is 0 Å². The molecule has 0 heterocycles. The first kappa shape index (κ1) is 14.6. The van der Waals surface area contributed by atoms with Crippen LogP contribution in [0.5, 0.6) is 0 Å². The van der Waals surface area contributed by atoms with E-state index in [1.54, 1.807) is 0 Å². The Balaban J connectivity index is 1.71. The van der Waals surface area contributed by atoms with E-state index in [2.05, 4.69) is 13.8 Å². The molecule has 3 nitrogen and oxygen atoms in total. The van der Waals surface area contributed by atoms with Crippen LogP contribution >= 0.6 is 0 Å². The normalized spacial score (nSPS) is 51.3. The summed E-state index contributed by atoms with van der Waals surface area (Å²) in [5.74, 6) is 2.27. The lowest BCUT2D eigenvalue weighted by Gasteiger charge is -2.58. The maximum atomic E-state index is 12.8. The molecule has 6 atom stereocenters. The van der Waals surface area contributed by atoms with Crippen molar-refractivity contribution in [3.8, 4) is 0 Å². The third-order valence-electron chi connectivity index (χ3n) is 7.99. The summed E-state index contributed by atoms with van der Waals surface area (Å²) in [6.45, 7) is 4.41. The Hall–Kier alpha value is -0.990. The maximum Gasteiger partial charge on any atom is 0.139 e. The van der Waals surface area contributed by atoms with Crippen LogP contribution in [0.3, 0.4) is 0 Å². The number of fused-ring (bicyclic) bond motifs is 5. The topological polar surface area (TPSA) is 51.2 Å². The Morgan fingerprint density at radius 1 is 0.909 bits per heavy atom. The van der Waals surface area contributed by atoms with Crippen molar-refractivity contribution in [3.05, 3.63) is 0 Å². The van der Waals surface area contributed by atoms with Gasteiger partial charge in [-0.2, -0.15) is 0 Å². The highest BCUT2D eigenvalue weighted by Gasteiger charge is 2.62. The van der Waals surface area contributed by atoms with E-state index in [0.717, 1.165) is 25.7 Å². The number of carbonyl (C=O) groups excluding carboxylic acids is 3. The molecule has 0 aromatic heterocycles. The SMILES string of the molecule is C[C@]12CCC3C(CC(=O)[C@H]4CC(=O)CC[C@]34C)C1CCC2=O. The highest BCUT2D eigenvalue weighted by Crippen LogP contribution is 2.64. The monoisotopic (exact) mass is 302 g/mol. The minimum Gasteiger partial charge on any atom is -0.300 e. The van der Waals surface area contributed by atoms with Crippen molar-refractivity contribution in [2.24, 2.45) is 34.5 Å². The first-order chi connectivity index (χ1) is 10.4. The Bertz CT molecular complexity index is 565. The predicted molar refractivity (Wildman–Crippen MR) is 82.1 cm³/mol. The summed E-state index contributed by atoms with van der Waals surface area (Å²) in [6, 6.07) is 0. The van der Waals surface area contributed by atoms with E-state index in [9.17, 15) is 14.4 Å². The van der Waals surface area contributed by atoms with Gasteiger partial charge in [-0.05, 0) is 48.9 Å². The summed E-state index contributed by atoms with van der Waals surface area (Å²) < 4.78 is 0. The molecular weight excluding hydrogens is 276 g/mol. The minimum atomic E-state index is -0.171. The molecule has 0 aromatic carbocycles. The fourth-order valence-corrected chi connectivity index (χ4v) is 6.61. The Morgan fingerprint density at radius 3 is 2.45 bits per heavy atom. The van der Waals surface area contributed by atoms with E-state index in [-0.39, 0.29) is 22.5 Å². The number of carbonyl (C=O) groups is 3. The highest BCUT2D eigenvalue weighted by molar-refractivity contribution is 5.91. The fourth-order valence-electron chi connectivity index (χ4n) is 6.61. The molecule has 3 heteroatoms. The summed E-state index contributed by atoms with van der Waals surface area (Å²) in [4.78, 5) is 37.0. The van der Waals surface area contributed by atoms with Crippen LogP contribution < -0.4 is 0 Å². The van der Waals surface area contributed by atoms with Gasteiger partial charge in [0.15, 0.2) is 0 Å². The molecule has 0 radical (unpaired) electrons. The van der Waals surface area contributed by atoms with Gasteiger partial charge in [-0.25, -0.2) is 0 Å². The van der Waals surface area contributed by atoms with E-state index < -0.39 is 0 Å². The molecule has 0 amide bonds. The Kier molecular flexibility index (Phi) is 3.00. The number of hydrogen-bond donors (Lipinski definition) is 0. The van der Waals surface area contributed by atoms with Crippen molar-refractivity contribution in [2.75, 3.05) is 0 Å². The number of ketones is 3. The molecular formula is C19H26O3. The van der Waals surface area contributed by atoms with Gasteiger partial charge in [-0.1, -0.05) is 13.8 Å². The van der Waals surface area contributed by atoms with Crippen molar-refractivity contribution in [1.29, 1.82) is 0 Å². The van der Waals surface area contributed by atoms with Crippen LogP contribution in [-0.4, -0.2) is 17.3 Å². The zero-order valence-electron chi connectivity index (χ0n) is 13.7. The van der Waals surface area contributed by atoms with E-state index in [1.165, 1.54) is 0 Å². The molecule has 0 saturated heterocycles. The zero-order chi connectivity index (χ0) is 15.7. The quantitative estimate of drug-likeness (QED) is 0.689. The van der Waals surface area contributed by atoms with Crippen molar-refractivity contribution >= 4 is 17.3 Å². The zero-order valence-corrected chi connectivity index (χ0v) is 13.7. The van der Waals surface area contributed by atoms with E-state index >= 15 is 0 Å². The molecule has 0 aliphatic heterocycles. The van der Waals surface area contributed by atoms with Crippen molar-refractivity contribution in [1.82, 2.24) is 0 Å². The molecule has 22 heavy (non-hydrogen) atoms. The van der Waals surface area contributed by atoms with Gasteiger partial charge in [0.05, 0.1) is 0 Å². The van der Waals surface area contributed by atoms with Crippen LogP contribution in [0.2, 0.25) is 0 Å². The van der Waals surface area contributed by atoms with Crippen LogP contribution in [0.25, 0.3) is 0 Å². The van der Waals surface area contributed by atoms with Gasteiger partial charge in [0.1, 0.15) is 17.3 Å². The second-order valence-electron chi connectivity index (χ2n) is 8.77. The molecule has 0 bridgehead atoms. The van der Waals surface area contributed by atoms with Gasteiger partial charge in [-0.3, -0.25) is 14.4 Å². The van der Waals surface area contributed by atoms with Gasteiger partial charge in [0, 0.05) is 37.0 Å². The summed E-state index contributed by atoms with van der Waals surface area (Å²) in [5.41, 5.74) is -0.171. The first-order valence-electron chi connectivity index (χ1n) is 8.94. The van der Waals surface area contributed by atoms with Crippen molar-refractivity contribution in [3.63, 3.8) is 0 Å². The summed E-state index contributed by atoms with van der Waals surface area (Å²) in [7, 11) is 0. The van der Waals surface area contributed by atoms with Crippen molar-refractivity contribution in [2.45, 2.75) is 65.2 Å². The molecule has 3 unspecified atom stereocenters. The third-order valence-corrected chi connectivity index (χ3v) is 7.99. The molecule has 120 valence electrons. The second kappa shape index (κ2) is 4.52. The average molecular weight is 302 g/mol. The lowest BCUT2D eigenvalue weighted by molar-refractivity contribution is -0.159. The summed E-state index contributed by atoms with van der Waals surface area (Å²) >= 11 is 0. The largest absolute Gasteiger partial charge is 0.300 e. The molecule has 0 N–H and O–H groups in total. The van der Waals surface area contributed by atoms with Gasteiger partial charge in [-0.15, -0.1) is 0 Å². The summed E-state index contributed by atoms with van der Waals surface area (Å²) in [5, 5.41) is 0. The lowest BCUT2D eigenvalue weighted by atomic mass is 9.45. The highest BCUT2D eigenvalue weighted by atomic mass is 16.1. The number of Topliss-reactive ketones (excluding diaryl/α,β-unsaturated/α-hetero) is 3. The fraction of sp³-hybridized carbons (Fsp3) is 0.842. The summed E-state index contributed by atoms with van der Waals surface area (Å²) in [6.07, 6.45) is 6.34. The molecule has 4 rings (SSSR count). The molecule has 0 aromatic rings. The van der Waals surface area contributed by atoms with E-state index in [4.69, 9.17) is 0 Å². The Morgan fingerprint density at radius 2 is 1.68 bits per heavy atom. The van der Waals surface area contributed by atoms with Crippen LogP contribution in [0, 0.1) is 34.5 Å². The predicted octanol–water partition coefficient (Wildman–Crippen LogP) is 3.35. The van der Waals surface area contributed by atoms with Crippen LogP contribution in [0.1, 0.15) is 65.2 Å². The van der Waals surface area contributed by atoms with Crippen LogP contribution in [-0.2, 0) is 14.4 Å². The third kappa shape index (κ3) is 1.71. The van der Waals surface area contributed by atoms with Gasteiger partial charge in [0.2, 0.25) is 0 Å². The van der Waals surface area contributed by atoms with Crippen LogP contribution in [0.15, 0.2) is 0 Å². The number of rotatable bonds is 0. The van der Waals surface area contributed by atoms with E-state index in [0.29, 0.717) is 55.0 Å². The second-order valence-corrected chi connectivity index (χ2v) is 8.77. The van der Waals surface area contributed by atoms with Gasteiger partial charge >= 0.3 is 0 Å². The average Bonchev–Trinajstić information content (AvgIpc) is 2.77. The van der Waals surface area contributed by atoms with E-state index in [1.807, 2.05) is 0 Å². The maximum absolute atomic E-state index is 12.8. The molecule has 4 fully saturated rings. The van der Waals surface area contributed by atoms with Crippen LogP contribution in [0.4, 0.5) is 0 Å². The van der Waals surface area contributed by atoms with Gasteiger partial charge < -0.3 is 0 Å². The first-order valence-corrected chi connectivity index (χ1v) is 8.94. The molecule has 0 spiro atoms. The van der Waals surface area contributed by atoms with Crippen molar-refractivity contribution < 1.29 is 14.4 Å². The smallest absolute Gasteiger partial charge is 0.139 e. The standard InChI is InChI=1S/C19H26O3/c1-18-7-5-11(20)9-15(18)16(21)10-12-13-3-4-17(22)19(13,2)8-6-14(12)18/h12-15H,3-10H2,1-2H3/t12?,13?,14?,15-,18-,19+/m1/s1. The molecule has 4 saturated carbocycles. The number of hydrogen-bond acceptors (Lipinski definition) is 3. The minimum absolute atomic E-state index is 0.000871. The Labute approximate surface area is 132 Å². The molecule has 4 aliphatic rings. The lowest BCUT2D eigenvalue weighted by Crippen LogP contribution is -2.56.